The van der Waals surface area contributed by atoms with Gasteiger partial charge in [0.2, 0.25) is 0 Å². The van der Waals surface area contributed by atoms with Gasteiger partial charge >= 0.3 is 12.4 Å². The maximum Gasteiger partial charge on any atom is 0.573 e. The van der Waals surface area contributed by atoms with E-state index in [2.05, 4.69) is 25.6 Å². The maximum absolute atomic E-state index is 12.7. The van der Waals surface area contributed by atoms with Gasteiger partial charge in [0.15, 0.2) is 0 Å². The molecule has 204 valence electrons. The number of benzene rings is 2. The molecule has 0 radical (unpaired) electrons. The molecule has 3 aliphatic rings. The number of ether oxygens (including phenoxy) is 1. The number of nitro groups is 1. The van der Waals surface area contributed by atoms with Gasteiger partial charge in [0.05, 0.1) is 4.92 Å². The zero-order valence-corrected chi connectivity index (χ0v) is 20.6. The third-order valence-electron chi connectivity index (χ3n) is 7.73. The molecule has 0 spiro atoms. The van der Waals surface area contributed by atoms with Crippen LogP contribution in [-0.4, -0.2) is 48.0 Å². The van der Waals surface area contributed by atoms with Crippen molar-refractivity contribution in [2.24, 2.45) is 5.92 Å². The van der Waals surface area contributed by atoms with E-state index in [4.69, 9.17) is 0 Å². The van der Waals surface area contributed by atoms with Gasteiger partial charge in [-0.15, -0.1) is 13.2 Å². The molecule has 0 aromatic heterocycles. The van der Waals surface area contributed by atoms with Crippen molar-refractivity contribution in [2.45, 2.75) is 69.1 Å². The Balaban J connectivity index is 1.17. The summed E-state index contributed by atoms with van der Waals surface area (Å²) in [5, 5.41) is 20.6. The minimum atomic E-state index is -4.77. The largest absolute Gasteiger partial charge is 0.573 e. The molecule has 2 aromatic carbocycles. The Morgan fingerprint density at radius 3 is 2.29 bits per heavy atom. The molecule has 2 aliphatic carbocycles. The van der Waals surface area contributed by atoms with Gasteiger partial charge in [-0.1, -0.05) is 12.8 Å². The van der Waals surface area contributed by atoms with E-state index < -0.39 is 17.3 Å². The number of alkyl halides is 3. The summed E-state index contributed by atoms with van der Waals surface area (Å²) in [7, 11) is 0. The Morgan fingerprint density at radius 2 is 1.66 bits per heavy atom. The number of hydrogen-bond acceptors (Lipinski definition) is 6. The van der Waals surface area contributed by atoms with Gasteiger partial charge in [-0.25, -0.2) is 4.79 Å². The number of anilines is 2. The molecule has 2 bridgehead atoms. The summed E-state index contributed by atoms with van der Waals surface area (Å²) < 4.78 is 40.9. The van der Waals surface area contributed by atoms with Crippen molar-refractivity contribution in [3.05, 3.63) is 58.6 Å². The van der Waals surface area contributed by atoms with E-state index in [1.54, 1.807) is 12.1 Å². The van der Waals surface area contributed by atoms with Crippen molar-refractivity contribution < 1.29 is 27.6 Å². The fraction of sp³-hybridized carbons (Fsp3) is 0.500. The highest BCUT2D eigenvalue weighted by Crippen LogP contribution is 2.41. The van der Waals surface area contributed by atoms with Gasteiger partial charge in [-0.05, 0) is 68.0 Å². The molecule has 3 N–H and O–H groups in total. The number of carbonyl (C=O) groups is 1. The van der Waals surface area contributed by atoms with Crippen molar-refractivity contribution in [2.75, 3.05) is 16.8 Å². The minimum absolute atomic E-state index is 0.0766. The number of halogens is 3. The van der Waals surface area contributed by atoms with Crippen molar-refractivity contribution in [3.8, 4) is 5.75 Å². The standard InChI is InChI=1S/C26H30F3N5O4/c27-26(28,29)38-20-11-5-17(6-12-20)30-25(35)32-22-4-2-1-3-21(22)31-23-13-16-14-24(23)33(15-16)18-7-9-19(10-8-18)34(36)37/h5-12,16,21-24,31H,1-4,13-15H2,(H2,30,32,35)/t16-,21-,22-,23+,24-/m1/s1. The van der Waals surface area contributed by atoms with Gasteiger partial charge in [-0.3, -0.25) is 10.1 Å². The Bertz CT molecular complexity index is 1150. The molecule has 5 rings (SSSR count). The number of nitro benzene ring substituents is 1. The van der Waals surface area contributed by atoms with E-state index in [0.717, 1.165) is 62.9 Å². The van der Waals surface area contributed by atoms with E-state index in [1.807, 2.05) is 12.1 Å². The highest BCUT2D eigenvalue weighted by Gasteiger charge is 2.46. The predicted molar refractivity (Wildman–Crippen MR) is 135 cm³/mol. The minimum Gasteiger partial charge on any atom is -0.406 e. The lowest BCUT2D eigenvalue weighted by molar-refractivity contribution is -0.384. The quantitative estimate of drug-likeness (QED) is 0.334. The second-order valence-corrected chi connectivity index (χ2v) is 10.3. The Kier molecular flexibility index (Phi) is 7.33. The van der Waals surface area contributed by atoms with Crippen LogP contribution in [0, 0.1) is 16.0 Å². The Labute approximate surface area is 217 Å². The summed E-state index contributed by atoms with van der Waals surface area (Å²) in [5.41, 5.74) is 1.43. The van der Waals surface area contributed by atoms with E-state index in [0.29, 0.717) is 11.6 Å². The lowest BCUT2D eigenvalue weighted by atomic mass is 9.89. The number of non-ortho nitro benzene ring substituents is 1. The van der Waals surface area contributed by atoms with Crippen LogP contribution in [0.4, 0.5) is 35.0 Å². The third kappa shape index (κ3) is 6.12. The predicted octanol–water partition coefficient (Wildman–Crippen LogP) is 5.18. The van der Waals surface area contributed by atoms with E-state index in [1.165, 1.54) is 12.1 Å². The number of rotatable bonds is 7. The summed E-state index contributed by atoms with van der Waals surface area (Å²) >= 11 is 0. The number of piperidine rings is 1. The molecule has 3 fully saturated rings. The number of hydrogen-bond donors (Lipinski definition) is 3. The van der Waals surface area contributed by atoms with Crippen LogP contribution in [0.2, 0.25) is 0 Å². The topological polar surface area (TPSA) is 109 Å². The lowest BCUT2D eigenvalue weighted by Gasteiger charge is -2.40. The molecular weight excluding hydrogens is 503 g/mol. The summed E-state index contributed by atoms with van der Waals surface area (Å²) in [6, 6.07) is 11.9. The highest BCUT2D eigenvalue weighted by atomic mass is 19.4. The number of amides is 2. The van der Waals surface area contributed by atoms with E-state index in [-0.39, 0.29) is 35.6 Å². The van der Waals surface area contributed by atoms with E-state index in [9.17, 15) is 28.1 Å². The van der Waals surface area contributed by atoms with Crippen LogP contribution >= 0.6 is 0 Å². The maximum atomic E-state index is 12.7. The summed E-state index contributed by atoms with van der Waals surface area (Å²) in [5.74, 6) is 0.198. The molecule has 9 nitrogen and oxygen atoms in total. The zero-order valence-electron chi connectivity index (χ0n) is 20.6. The first-order chi connectivity index (χ1) is 18.1. The van der Waals surface area contributed by atoms with Crippen LogP contribution < -0.4 is 25.6 Å². The smallest absolute Gasteiger partial charge is 0.406 e. The molecule has 1 saturated heterocycles. The van der Waals surface area contributed by atoms with Crippen LogP contribution in [0.15, 0.2) is 48.5 Å². The van der Waals surface area contributed by atoms with Crippen molar-refractivity contribution >= 4 is 23.1 Å². The SMILES string of the molecule is O=C(Nc1ccc(OC(F)(F)F)cc1)N[C@@H]1CCCC[C@H]1N[C@H]1C[C@@H]2C[C@H]1N(c1ccc([N+](=O)[O-])cc1)C2. The molecular formula is C26H30F3N5O4. The first-order valence-electron chi connectivity index (χ1n) is 12.8. The van der Waals surface area contributed by atoms with Gasteiger partial charge in [0.25, 0.3) is 5.69 Å². The average molecular weight is 534 g/mol. The third-order valence-corrected chi connectivity index (χ3v) is 7.73. The van der Waals surface area contributed by atoms with Gasteiger partial charge in [0, 0.05) is 54.2 Å². The van der Waals surface area contributed by atoms with Crippen LogP contribution in [0.5, 0.6) is 5.75 Å². The normalized spacial score (nSPS) is 26.7. The second kappa shape index (κ2) is 10.7. The number of nitrogens with zero attached hydrogens (tertiary/aromatic N) is 2. The van der Waals surface area contributed by atoms with Crippen LogP contribution in [-0.2, 0) is 0 Å². The van der Waals surface area contributed by atoms with Crippen LogP contribution in [0.1, 0.15) is 38.5 Å². The lowest BCUT2D eigenvalue weighted by Crippen LogP contribution is -2.58. The average Bonchev–Trinajstić information content (AvgIpc) is 3.46. The van der Waals surface area contributed by atoms with Crippen molar-refractivity contribution in [1.29, 1.82) is 0 Å². The van der Waals surface area contributed by atoms with Crippen LogP contribution in [0.25, 0.3) is 0 Å². The summed E-state index contributed by atoms with van der Waals surface area (Å²) in [6.07, 6.45) is 1.16. The van der Waals surface area contributed by atoms with Gasteiger partial charge in [-0.2, -0.15) is 0 Å². The van der Waals surface area contributed by atoms with Crippen molar-refractivity contribution in [3.63, 3.8) is 0 Å². The molecule has 2 saturated carbocycles. The molecule has 5 atom stereocenters. The second-order valence-electron chi connectivity index (χ2n) is 10.3. The Hall–Kier alpha value is -3.54. The fourth-order valence-corrected chi connectivity index (χ4v) is 6.12. The van der Waals surface area contributed by atoms with E-state index >= 15 is 0 Å². The number of fused-ring (bicyclic) bond motifs is 2. The first kappa shape index (κ1) is 26.1. The first-order valence-corrected chi connectivity index (χ1v) is 12.8. The molecule has 1 aliphatic heterocycles. The highest BCUT2D eigenvalue weighted by molar-refractivity contribution is 5.89. The van der Waals surface area contributed by atoms with Gasteiger partial charge in [0.1, 0.15) is 5.75 Å². The molecule has 12 heteroatoms. The molecule has 1 heterocycles. The molecule has 2 aromatic rings. The van der Waals surface area contributed by atoms with Gasteiger partial charge < -0.3 is 25.6 Å². The summed E-state index contributed by atoms with van der Waals surface area (Å²) in [4.78, 5) is 25.6. The molecule has 0 unspecified atom stereocenters. The molecule has 2 amide bonds. The fourth-order valence-electron chi connectivity index (χ4n) is 6.12. The number of carbonyl (C=O) groups excluding carboxylic acids is 1. The van der Waals surface area contributed by atoms with Crippen LogP contribution in [0.3, 0.4) is 0 Å². The zero-order chi connectivity index (χ0) is 26.9. The van der Waals surface area contributed by atoms with Crippen molar-refractivity contribution in [1.82, 2.24) is 10.6 Å². The number of nitrogens with one attached hydrogen (secondary N) is 3. The number of urea groups is 1. The summed E-state index contributed by atoms with van der Waals surface area (Å²) in [6.45, 7) is 0.933. The monoisotopic (exact) mass is 533 g/mol. The molecule has 38 heavy (non-hydrogen) atoms. The Morgan fingerprint density at radius 1 is 0.974 bits per heavy atom.